The second-order valence-electron chi connectivity index (χ2n) is 3.64. The second-order valence-corrected chi connectivity index (χ2v) is 4.42. The highest BCUT2D eigenvalue weighted by molar-refractivity contribution is 7.08. The van der Waals surface area contributed by atoms with Crippen LogP contribution >= 0.6 is 11.3 Å². The maximum absolute atomic E-state index is 6.23. The van der Waals surface area contributed by atoms with Crippen LogP contribution in [-0.2, 0) is 0 Å². The lowest BCUT2D eigenvalue weighted by molar-refractivity contribution is 0.397. The van der Waals surface area contributed by atoms with E-state index in [0.29, 0.717) is 0 Å². The Morgan fingerprint density at radius 2 is 2.00 bits per heavy atom. The second kappa shape index (κ2) is 5.21. The molecule has 17 heavy (non-hydrogen) atoms. The topological polar surface area (TPSA) is 44.5 Å². The predicted molar refractivity (Wildman–Crippen MR) is 69.9 cm³/mol. The van der Waals surface area contributed by atoms with E-state index in [1.807, 2.05) is 35.0 Å². The fourth-order valence-corrected chi connectivity index (χ4v) is 2.41. The summed E-state index contributed by atoms with van der Waals surface area (Å²) in [5.74, 6) is 1.57. The Bertz CT molecular complexity index is 482. The van der Waals surface area contributed by atoms with Gasteiger partial charge in [-0.05, 0) is 40.6 Å². The highest BCUT2D eigenvalue weighted by atomic mass is 32.1. The molecule has 0 aliphatic carbocycles. The smallest absolute Gasteiger partial charge is 0.124 e. The van der Waals surface area contributed by atoms with Crippen LogP contribution in [0.3, 0.4) is 0 Å². The SMILES string of the molecule is COc1ccc(OC)c(C(N)c2ccsc2)c1. The monoisotopic (exact) mass is 249 g/mol. The van der Waals surface area contributed by atoms with Crippen molar-refractivity contribution in [2.75, 3.05) is 14.2 Å². The summed E-state index contributed by atoms with van der Waals surface area (Å²) in [6.45, 7) is 0. The minimum Gasteiger partial charge on any atom is -0.497 e. The van der Waals surface area contributed by atoms with Crippen molar-refractivity contribution in [1.82, 2.24) is 0 Å². The Balaban J connectivity index is 2.41. The van der Waals surface area contributed by atoms with Crippen molar-refractivity contribution < 1.29 is 9.47 Å². The molecule has 1 aromatic carbocycles. The van der Waals surface area contributed by atoms with Gasteiger partial charge in [-0.2, -0.15) is 11.3 Å². The van der Waals surface area contributed by atoms with E-state index < -0.39 is 0 Å². The minimum atomic E-state index is -0.189. The van der Waals surface area contributed by atoms with Crippen molar-refractivity contribution in [2.45, 2.75) is 6.04 Å². The lowest BCUT2D eigenvalue weighted by Gasteiger charge is -2.15. The summed E-state index contributed by atoms with van der Waals surface area (Å²) in [5, 5.41) is 4.06. The zero-order chi connectivity index (χ0) is 12.3. The van der Waals surface area contributed by atoms with Crippen molar-refractivity contribution in [3.8, 4) is 11.5 Å². The summed E-state index contributed by atoms with van der Waals surface area (Å²) in [6, 6.07) is 7.49. The molecular formula is C13H15NO2S. The highest BCUT2D eigenvalue weighted by Crippen LogP contribution is 2.32. The zero-order valence-corrected chi connectivity index (χ0v) is 10.7. The van der Waals surface area contributed by atoms with Crippen molar-refractivity contribution >= 4 is 11.3 Å². The van der Waals surface area contributed by atoms with Gasteiger partial charge in [-0.15, -0.1) is 0 Å². The van der Waals surface area contributed by atoms with Gasteiger partial charge in [-0.1, -0.05) is 0 Å². The van der Waals surface area contributed by atoms with E-state index in [9.17, 15) is 0 Å². The Hall–Kier alpha value is -1.52. The molecule has 90 valence electrons. The van der Waals surface area contributed by atoms with Gasteiger partial charge >= 0.3 is 0 Å². The van der Waals surface area contributed by atoms with E-state index in [4.69, 9.17) is 15.2 Å². The first-order valence-corrected chi connectivity index (χ1v) is 6.20. The standard InChI is InChI=1S/C13H15NO2S/c1-15-10-3-4-12(16-2)11(7-10)13(14)9-5-6-17-8-9/h3-8,13H,14H2,1-2H3. The lowest BCUT2D eigenvalue weighted by atomic mass is 10.0. The van der Waals surface area contributed by atoms with Crippen LogP contribution in [0, 0.1) is 0 Å². The van der Waals surface area contributed by atoms with E-state index in [-0.39, 0.29) is 6.04 Å². The highest BCUT2D eigenvalue weighted by Gasteiger charge is 2.15. The lowest BCUT2D eigenvalue weighted by Crippen LogP contribution is -2.12. The molecule has 1 heterocycles. The number of rotatable bonds is 4. The maximum Gasteiger partial charge on any atom is 0.124 e. The van der Waals surface area contributed by atoms with Gasteiger partial charge in [0.05, 0.1) is 20.3 Å². The number of hydrogen-bond donors (Lipinski definition) is 1. The molecule has 0 aliphatic heterocycles. The van der Waals surface area contributed by atoms with Gasteiger partial charge in [0.2, 0.25) is 0 Å². The normalized spacial score (nSPS) is 12.2. The Morgan fingerprint density at radius 3 is 2.59 bits per heavy atom. The summed E-state index contributed by atoms with van der Waals surface area (Å²) in [6.07, 6.45) is 0. The average Bonchev–Trinajstić information content (AvgIpc) is 2.91. The molecule has 0 saturated heterocycles. The Kier molecular flexibility index (Phi) is 3.66. The van der Waals surface area contributed by atoms with Crippen LogP contribution in [0.5, 0.6) is 11.5 Å². The van der Waals surface area contributed by atoms with Crippen molar-refractivity contribution in [1.29, 1.82) is 0 Å². The number of hydrogen-bond acceptors (Lipinski definition) is 4. The van der Waals surface area contributed by atoms with Crippen LogP contribution in [0.25, 0.3) is 0 Å². The van der Waals surface area contributed by atoms with Crippen LogP contribution in [0.15, 0.2) is 35.0 Å². The molecule has 0 spiro atoms. The van der Waals surface area contributed by atoms with Crippen molar-refractivity contribution in [3.63, 3.8) is 0 Å². The molecule has 2 rings (SSSR count). The van der Waals surface area contributed by atoms with Gasteiger partial charge in [0.25, 0.3) is 0 Å². The summed E-state index contributed by atoms with van der Waals surface area (Å²) < 4.78 is 10.5. The Morgan fingerprint density at radius 1 is 1.18 bits per heavy atom. The van der Waals surface area contributed by atoms with E-state index in [1.54, 1.807) is 25.6 Å². The molecule has 0 saturated carbocycles. The third kappa shape index (κ3) is 2.43. The van der Waals surface area contributed by atoms with Crippen LogP contribution in [0.1, 0.15) is 17.2 Å². The number of thiophene rings is 1. The Labute approximate surface area is 105 Å². The molecule has 0 bridgehead atoms. The maximum atomic E-state index is 6.23. The minimum absolute atomic E-state index is 0.189. The molecule has 2 aromatic rings. The van der Waals surface area contributed by atoms with Crippen molar-refractivity contribution in [2.24, 2.45) is 5.73 Å². The predicted octanol–water partition coefficient (Wildman–Crippen LogP) is 2.81. The van der Waals surface area contributed by atoms with Crippen LogP contribution in [-0.4, -0.2) is 14.2 Å². The number of nitrogens with two attached hydrogens (primary N) is 1. The molecule has 1 atom stereocenters. The largest absolute Gasteiger partial charge is 0.497 e. The average molecular weight is 249 g/mol. The zero-order valence-electron chi connectivity index (χ0n) is 9.84. The molecule has 0 amide bonds. The van der Waals surface area contributed by atoms with Crippen LogP contribution in [0.2, 0.25) is 0 Å². The first kappa shape index (κ1) is 12.0. The van der Waals surface area contributed by atoms with E-state index in [2.05, 4.69) is 0 Å². The number of benzene rings is 1. The molecule has 2 N–H and O–H groups in total. The fourth-order valence-electron chi connectivity index (χ4n) is 1.71. The molecule has 1 unspecified atom stereocenters. The molecule has 0 radical (unpaired) electrons. The first-order valence-electron chi connectivity index (χ1n) is 5.26. The van der Waals surface area contributed by atoms with E-state index in [1.165, 1.54) is 0 Å². The van der Waals surface area contributed by atoms with Crippen molar-refractivity contribution in [3.05, 3.63) is 46.2 Å². The fraction of sp³-hybridized carbons (Fsp3) is 0.231. The summed E-state index contributed by atoms with van der Waals surface area (Å²) in [5.41, 5.74) is 8.25. The third-order valence-corrected chi connectivity index (χ3v) is 3.38. The van der Waals surface area contributed by atoms with Gasteiger partial charge in [-0.3, -0.25) is 0 Å². The van der Waals surface area contributed by atoms with Gasteiger partial charge in [0.1, 0.15) is 11.5 Å². The molecule has 4 heteroatoms. The van der Waals surface area contributed by atoms with Gasteiger partial charge in [0.15, 0.2) is 0 Å². The molecule has 0 fully saturated rings. The summed E-state index contributed by atoms with van der Waals surface area (Å²) in [7, 11) is 3.29. The van der Waals surface area contributed by atoms with Crippen LogP contribution < -0.4 is 15.2 Å². The van der Waals surface area contributed by atoms with Gasteiger partial charge < -0.3 is 15.2 Å². The van der Waals surface area contributed by atoms with Gasteiger partial charge in [0, 0.05) is 5.56 Å². The molecule has 0 aliphatic rings. The quantitative estimate of drug-likeness (QED) is 0.906. The van der Waals surface area contributed by atoms with Gasteiger partial charge in [-0.25, -0.2) is 0 Å². The van der Waals surface area contributed by atoms with E-state index >= 15 is 0 Å². The molecular weight excluding hydrogens is 234 g/mol. The molecule has 3 nitrogen and oxygen atoms in total. The first-order chi connectivity index (χ1) is 8.26. The van der Waals surface area contributed by atoms with E-state index in [0.717, 1.165) is 22.6 Å². The third-order valence-electron chi connectivity index (χ3n) is 2.67. The number of methoxy groups -OCH3 is 2. The van der Waals surface area contributed by atoms with Crippen LogP contribution in [0.4, 0.5) is 0 Å². The summed E-state index contributed by atoms with van der Waals surface area (Å²) >= 11 is 1.63. The number of ether oxygens (including phenoxy) is 2. The summed E-state index contributed by atoms with van der Waals surface area (Å²) in [4.78, 5) is 0. The molecule has 1 aromatic heterocycles.